The van der Waals surface area contributed by atoms with Crippen molar-refractivity contribution < 1.29 is 9.59 Å². The molecule has 0 aliphatic carbocycles. The van der Waals surface area contributed by atoms with Gasteiger partial charge in [0.2, 0.25) is 5.91 Å². The highest BCUT2D eigenvalue weighted by Crippen LogP contribution is 2.15. The quantitative estimate of drug-likeness (QED) is 0.687. The summed E-state index contributed by atoms with van der Waals surface area (Å²) in [5.41, 5.74) is 0. The molecule has 1 rings (SSSR count). The van der Waals surface area contributed by atoms with Gasteiger partial charge in [-0.1, -0.05) is 0 Å². The number of urea groups is 1. The van der Waals surface area contributed by atoms with Crippen LogP contribution in [-0.4, -0.2) is 69.1 Å². The standard InChI is InChI=1S/C11H22N4O2/c1-12-11(17)13-6-9-4-5-15(7-9)10(16)8-14(2)3/h9H,4-8H2,1-3H3,(H2,12,13,17)/t9-/m1/s1. The lowest BCUT2D eigenvalue weighted by Gasteiger charge is -2.19. The van der Waals surface area contributed by atoms with Crippen LogP contribution in [0.3, 0.4) is 0 Å². The zero-order chi connectivity index (χ0) is 12.8. The Bertz CT molecular complexity index is 281. The molecule has 3 amide bonds. The predicted octanol–water partition coefficient (Wildman–Crippen LogP) is -0.674. The Labute approximate surface area is 102 Å². The SMILES string of the molecule is CNC(=O)NC[C@H]1CCN(C(=O)CN(C)C)C1. The second-order valence-corrected chi connectivity index (χ2v) is 4.69. The van der Waals surface area contributed by atoms with E-state index in [-0.39, 0.29) is 11.9 Å². The lowest BCUT2D eigenvalue weighted by Crippen LogP contribution is -2.39. The number of nitrogens with zero attached hydrogens (tertiary/aromatic N) is 2. The van der Waals surface area contributed by atoms with E-state index < -0.39 is 0 Å². The monoisotopic (exact) mass is 242 g/mol. The Morgan fingerprint density at radius 3 is 2.71 bits per heavy atom. The second kappa shape index (κ2) is 6.44. The molecule has 0 spiro atoms. The summed E-state index contributed by atoms with van der Waals surface area (Å²) in [6.45, 7) is 2.63. The molecule has 1 heterocycles. The average Bonchev–Trinajstić information content (AvgIpc) is 2.73. The van der Waals surface area contributed by atoms with Crippen molar-refractivity contribution in [3.05, 3.63) is 0 Å². The Hall–Kier alpha value is -1.30. The van der Waals surface area contributed by atoms with Gasteiger partial charge in [-0.05, 0) is 26.4 Å². The molecule has 1 atom stereocenters. The molecular formula is C11H22N4O2. The summed E-state index contributed by atoms with van der Waals surface area (Å²) in [5, 5.41) is 5.29. The highest BCUT2D eigenvalue weighted by Gasteiger charge is 2.26. The number of amides is 3. The first-order valence-corrected chi connectivity index (χ1v) is 5.91. The Kier molecular flexibility index (Phi) is 5.21. The summed E-state index contributed by atoms with van der Waals surface area (Å²) in [6, 6.07) is -0.164. The van der Waals surface area contributed by atoms with Gasteiger partial charge in [-0.15, -0.1) is 0 Å². The molecule has 1 saturated heterocycles. The highest BCUT2D eigenvalue weighted by molar-refractivity contribution is 5.78. The smallest absolute Gasteiger partial charge is 0.314 e. The van der Waals surface area contributed by atoms with Crippen molar-refractivity contribution in [3.8, 4) is 0 Å². The minimum Gasteiger partial charge on any atom is -0.341 e. The van der Waals surface area contributed by atoms with E-state index in [0.29, 0.717) is 19.0 Å². The van der Waals surface area contributed by atoms with Gasteiger partial charge >= 0.3 is 6.03 Å². The molecule has 0 unspecified atom stereocenters. The zero-order valence-electron chi connectivity index (χ0n) is 10.8. The topological polar surface area (TPSA) is 64.7 Å². The average molecular weight is 242 g/mol. The molecule has 98 valence electrons. The van der Waals surface area contributed by atoms with Crippen LogP contribution in [-0.2, 0) is 4.79 Å². The number of hydrogen-bond acceptors (Lipinski definition) is 3. The van der Waals surface area contributed by atoms with Gasteiger partial charge in [-0.2, -0.15) is 0 Å². The molecular weight excluding hydrogens is 220 g/mol. The maximum atomic E-state index is 11.8. The van der Waals surface area contributed by atoms with Crippen LogP contribution in [0, 0.1) is 5.92 Å². The molecule has 6 heteroatoms. The van der Waals surface area contributed by atoms with Crippen molar-refractivity contribution in [2.45, 2.75) is 6.42 Å². The number of likely N-dealkylation sites (tertiary alicyclic amines) is 1. The van der Waals surface area contributed by atoms with E-state index >= 15 is 0 Å². The molecule has 6 nitrogen and oxygen atoms in total. The van der Waals surface area contributed by atoms with Gasteiger partial charge in [0.25, 0.3) is 0 Å². The first-order chi connectivity index (χ1) is 8.02. The molecule has 0 aromatic rings. The summed E-state index contributed by atoms with van der Waals surface area (Å²) in [7, 11) is 5.37. The summed E-state index contributed by atoms with van der Waals surface area (Å²) >= 11 is 0. The molecule has 0 bridgehead atoms. The fraction of sp³-hybridized carbons (Fsp3) is 0.818. The van der Waals surface area contributed by atoms with Gasteiger partial charge in [-0.3, -0.25) is 4.79 Å². The largest absolute Gasteiger partial charge is 0.341 e. The number of hydrogen-bond donors (Lipinski definition) is 2. The van der Waals surface area contributed by atoms with E-state index in [0.717, 1.165) is 19.5 Å². The molecule has 2 N–H and O–H groups in total. The Balaban J connectivity index is 2.27. The molecule has 17 heavy (non-hydrogen) atoms. The van der Waals surface area contributed by atoms with Crippen molar-refractivity contribution in [2.75, 3.05) is 47.3 Å². The van der Waals surface area contributed by atoms with Crippen molar-refractivity contribution in [3.63, 3.8) is 0 Å². The molecule has 0 saturated carbocycles. The fourth-order valence-corrected chi connectivity index (χ4v) is 1.92. The molecule has 0 radical (unpaired) electrons. The lowest BCUT2D eigenvalue weighted by atomic mass is 10.1. The summed E-state index contributed by atoms with van der Waals surface area (Å²) in [4.78, 5) is 26.5. The predicted molar refractivity (Wildman–Crippen MR) is 65.7 cm³/mol. The van der Waals surface area contributed by atoms with E-state index in [1.807, 2.05) is 23.9 Å². The van der Waals surface area contributed by atoms with Crippen molar-refractivity contribution >= 4 is 11.9 Å². The molecule has 1 aliphatic heterocycles. The first-order valence-electron chi connectivity index (χ1n) is 5.91. The fourth-order valence-electron chi connectivity index (χ4n) is 1.92. The maximum absolute atomic E-state index is 11.8. The molecule has 0 aromatic heterocycles. The van der Waals surface area contributed by atoms with Crippen LogP contribution in [0.4, 0.5) is 4.79 Å². The zero-order valence-corrected chi connectivity index (χ0v) is 10.8. The highest BCUT2D eigenvalue weighted by atomic mass is 16.2. The van der Waals surface area contributed by atoms with Gasteiger partial charge in [-0.25, -0.2) is 4.79 Å². The van der Waals surface area contributed by atoms with Crippen LogP contribution in [0.1, 0.15) is 6.42 Å². The number of carbonyl (C=O) groups is 2. The third-order valence-electron chi connectivity index (χ3n) is 2.87. The minimum atomic E-state index is -0.164. The van der Waals surface area contributed by atoms with Gasteiger partial charge in [0, 0.05) is 26.7 Å². The third-order valence-corrected chi connectivity index (χ3v) is 2.87. The van der Waals surface area contributed by atoms with Crippen LogP contribution in [0.5, 0.6) is 0 Å². The minimum absolute atomic E-state index is 0.164. The van der Waals surface area contributed by atoms with Gasteiger partial charge in [0.15, 0.2) is 0 Å². The van der Waals surface area contributed by atoms with Crippen molar-refractivity contribution in [1.29, 1.82) is 0 Å². The first kappa shape index (κ1) is 13.8. The number of rotatable bonds is 4. The lowest BCUT2D eigenvalue weighted by molar-refractivity contribution is -0.130. The van der Waals surface area contributed by atoms with E-state index in [4.69, 9.17) is 0 Å². The molecule has 1 fully saturated rings. The van der Waals surface area contributed by atoms with E-state index in [9.17, 15) is 9.59 Å². The van der Waals surface area contributed by atoms with Crippen LogP contribution in [0.15, 0.2) is 0 Å². The van der Waals surface area contributed by atoms with Gasteiger partial charge < -0.3 is 20.4 Å². The van der Waals surface area contributed by atoms with Gasteiger partial charge in [0.1, 0.15) is 0 Å². The number of likely N-dealkylation sites (N-methyl/N-ethyl adjacent to an activating group) is 1. The maximum Gasteiger partial charge on any atom is 0.314 e. The normalized spacial score (nSPS) is 19.5. The molecule has 0 aromatic carbocycles. The second-order valence-electron chi connectivity index (χ2n) is 4.69. The number of carbonyl (C=O) groups excluding carboxylic acids is 2. The summed E-state index contributed by atoms with van der Waals surface area (Å²) < 4.78 is 0. The molecule has 1 aliphatic rings. The summed E-state index contributed by atoms with van der Waals surface area (Å²) in [6.07, 6.45) is 0.961. The third kappa shape index (κ3) is 4.60. The van der Waals surface area contributed by atoms with Crippen LogP contribution >= 0.6 is 0 Å². The van der Waals surface area contributed by atoms with Crippen LogP contribution in [0.25, 0.3) is 0 Å². The van der Waals surface area contributed by atoms with Gasteiger partial charge in [0.05, 0.1) is 6.54 Å². The summed E-state index contributed by atoms with van der Waals surface area (Å²) in [5.74, 6) is 0.538. The van der Waals surface area contributed by atoms with Crippen LogP contribution < -0.4 is 10.6 Å². The Morgan fingerprint density at radius 2 is 2.12 bits per heavy atom. The Morgan fingerprint density at radius 1 is 1.41 bits per heavy atom. The van der Waals surface area contributed by atoms with E-state index in [1.165, 1.54) is 0 Å². The van der Waals surface area contributed by atoms with E-state index in [2.05, 4.69) is 10.6 Å². The van der Waals surface area contributed by atoms with Crippen molar-refractivity contribution in [1.82, 2.24) is 20.4 Å². The van der Waals surface area contributed by atoms with E-state index in [1.54, 1.807) is 7.05 Å². The van der Waals surface area contributed by atoms with Crippen molar-refractivity contribution in [2.24, 2.45) is 5.92 Å². The van der Waals surface area contributed by atoms with Crippen LogP contribution in [0.2, 0.25) is 0 Å². The number of nitrogens with one attached hydrogen (secondary N) is 2.